The number of benzene rings is 1. The van der Waals surface area contributed by atoms with Gasteiger partial charge in [0.15, 0.2) is 5.96 Å². The molecule has 2 saturated heterocycles. The predicted molar refractivity (Wildman–Crippen MR) is 125 cm³/mol. The van der Waals surface area contributed by atoms with Gasteiger partial charge in [0.1, 0.15) is 12.0 Å². The number of fused-ring (bicyclic) bond motifs is 1. The molecule has 0 spiro atoms. The van der Waals surface area contributed by atoms with Crippen LogP contribution in [0.1, 0.15) is 25.5 Å². The summed E-state index contributed by atoms with van der Waals surface area (Å²) in [5.41, 5.74) is 1.78. The molecule has 2 fully saturated rings. The fourth-order valence-electron chi connectivity index (χ4n) is 3.81. The van der Waals surface area contributed by atoms with E-state index in [-0.39, 0.29) is 30.1 Å². The molecule has 8 heteroatoms. The minimum absolute atomic E-state index is 0. The highest BCUT2D eigenvalue weighted by atomic mass is 127. The molecule has 3 heterocycles. The van der Waals surface area contributed by atoms with E-state index in [9.17, 15) is 0 Å². The molecule has 2 aromatic rings. The smallest absolute Gasteiger partial charge is 0.226 e. The molecule has 2 aliphatic rings. The molecule has 1 aromatic heterocycles. The van der Waals surface area contributed by atoms with Crippen LogP contribution in [0.2, 0.25) is 0 Å². The second kappa shape index (κ2) is 10.9. The molecular weight excluding hydrogens is 481 g/mol. The third kappa shape index (κ3) is 5.93. The normalized spacial score (nSPS) is 22.0. The van der Waals surface area contributed by atoms with Gasteiger partial charge in [-0.3, -0.25) is 4.90 Å². The van der Waals surface area contributed by atoms with Gasteiger partial charge in [-0.05, 0) is 38.4 Å². The molecule has 2 aliphatic heterocycles. The molecule has 0 radical (unpaired) electrons. The molecule has 0 saturated carbocycles. The standard InChI is InChI=1S/C21H29N5O2.HI/c1-2-22-21(24-12-19-13-26-10-6-9-18(26)15-27-19)23-11-17-14-28-20(25-17)16-7-4-3-5-8-16;/h3-5,7-8,14,18-19H,2,6,9-13,15H2,1H3,(H2,22,23,24);1H. The lowest BCUT2D eigenvalue weighted by Crippen LogP contribution is -2.51. The van der Waals surface area contributed by atoms with Crippen LogP contribution < -0.4 is 10.6 Å². The number of aliphatic imine (C=N–C) groups is 1. The Labute approximate surface area is 189 Å². The maximum absolute atomic E-state index is 6.02. The lowest BCUT2D eigenvalue weighted by molar-refractivity contribution is -0.0453. The molecule has 0 bridgehead atoms. The van der Waals surface area contributed by atoms with Gasteiger partial charge in [0.25, 0.3) is 0 Å². The molecule has 2 unspecified atom stereocenters. The Kier molecular flexibility index (Phi) is 8.31. The first kappa shape index (κ1) is 22.0. The lowest BCUT2D eigenvalue weighted by atomic mass is 10.2. The third-order valence-corrected chi connectivity index (χ3v) is 5.27. The number of aromatic nitrogens is 1. The number of nitrogens with one attached hydrogen (secondary N) is 2. The number of halogens is 1. The summed E-state index contributed by atoms with van der Waals surface area (Å²) in [5, 5.41) is 6.70. The zero-order valence-electron chi connectivity index (χ0n) is 16.8. The van der Waals surface area contributed by atoms with Gasteiger partial charge < -0.3 is 19.8 Å². The summed E-state index contributed by atoms with van der Waals surface area (Å²) in [6.07, 6.45) is 4.44. The van der Waals surface area contributed by atoms with Crippen molar-refractivity contribution in [1.82, 2.24) is 20.5 Å². The van der Waals surface area contributed by atoms with Crippen molar-refractivity contribution in [3.05, 3.63) is 42.3 Å². The molecule has 1 aromatic carbocycles. The van der Waals surface area contributed by atoms with Crippen LogP contribution in [-0.4, -0.2) is 60.8 Å². The minimum Gasteiger partial charge on any atom is -0.444 e. The van der Waals surface area contributed by atoms with Gasteiger partial charge in [-0.15, -0.1) is 24.0 Å². The highest BCUT2D eigenvalue weighted by Crippen LogP contribution is 2.22. The van der Waals surface area contributed by atoms with E-state index in [0.29, 0.717) is 18.5 Å². The summed E-state index contributed by atoms with van der Waals surface area (Å²) >= 11 is 0. The topological polar surface area (TPSA) is 74.9 Å². The van der Waals surface area contributed by atoms with Crippen LogP contribution in [-0.2, 0) is 11.3 Å². The van der Waals surface area contributed by atoms with Crippen molar-refractivity contribution in [2.24, 2.45) is 4.99 Å². The average molecular weight is 511 g/mol. The van der Waals surface area contributed by atoms with Gasteiger partial charge in [-0.25, -0.2) is 9.98 Å². The first-order valence-corrected chi connectivity index (χ1v) is 10.2. The molecule has 158 valence electrons. The quantitative estimate of drug-likeness (QED) is 0.353. The van der Waals surface area contributed by atoms with Crippen LogP contribution in [0.15, 0.2) is 46.0 Å². The van der Waals surface area contributed by atoms with Gasteiger partial charge >= 0.3 is 0 Å². The summed E-state index contributed by atoms with van der Waals surface area (Å²) in [4.78, 5) is 11.7. The third-order valence-electron chi connectivity index (χ3n) is 5.27. The zero-order chi connectivity index (χ0) is 19.2. The first-order valence-electron chi connectivity index (χ1n) is 10.2. The summed E-state index contributed by atoms with van der Waals surface area (Å²) < 4.78 is 11.6. The van der Waals surface area contributed by atoms with Gasteiger partial charge in [0.05, 0.1) is 19.3 Å². The number of morpholine rings is 1. The van der Waals surface area contributed by atoms with Gasteiger partial charge in [0, 0.05) is 31.2 Å². The Morgan fingerprint density at radius 3 is 2.97 bits per heavy atom. The van der Waals surface area contributed by atoms with Crippen molar-refractivity contribution >= 4 is 29.9 Å². The van der Waals surface area contributed by atoms with E-state index >= 15 is 0 Å². The van der Waals surface area contributed by atoms with Crippen molar-refractivity contribution in [1.29, 1.82) is 0 Å². The molecule has 2 N–H and O–H groups in total. The molecule has 0 aliphatic carbocycles. The summed E-state index contributed by atoms with van der Waals surface area (Å²) in [6, 6.07) is 10.5. The summed E-state index contributed by atoms with van der Waals surface area (Å²) in [7, 11) is 0. The number of hydrogen-bond acceptors (Lipinski definition) is 5. The Morgan fingerprint density at radius 1 is 1.28 bits per heavy atom. The monoisotopic (exact) mass is 511 g/mol. The van der Waals surface area contributed by atoms with Crippen molar-refractivity contribution < 1.29 is 9.15 Å². The Morgan fingerprint density at radius 2 is 2.14 bits per heavy atom. The maximum Gasteiger partial charge on any atom is 0.226 e. The number of nitrogens with zero attached hydrogens (tertiary/aromatic N) is 3. The second-order valence-electron chi connectivity index (χ2n) is 7.33. The molecular formula is C21H30IN5O2. The van der Waals surface area contributed by atoms with Crippen LogP contribution >= 0.6 is 24.0 Å². The molecule has 29 heavy (non-hydrogen) atoms. The first-order chi connectivity index (χ1) is 13.8. The Bertz CT molecular complexity index is 782. The minimum atomic E-state index is 0. The number of hydrogen-bond donors (Lipinski definition) is 2. The number of rotatable bonds is 6. The highest BCUT2D eigenvalue weighted by Gasteiger charge is 2.32. The lowest BCUT2D eigenvalue weighted by Gasteiger charge is -2.35. The van der Waals surface area contributed by atoms with Crippen molar-refractivity contribution in [2.75, 3.05) is 32.8 Å². The number of guanidine groups is 1. The van der Waals surface area contributed by atoms with E-state index < -0.39 is 0 Å². The molecule has 7 nitrogen and oxygen atoms in total. The highest BCUT2D eigenvalue weighted by molar-refractivity contribution is 14.0. The van der Waals surface area contributed by atoms with E-state index in [1.807, 2.05) is 30.3 Å². The fraction of sp³-hybridized carbons (Fsp3) is 0.524. The van der Waals surface area contributed by atoms with Crippen molar-refractivity contribution in [3.63, 3.8) is 0 Å². The van der Waals surface area contributed by atoms with Crippen LogP contribution in [0.3, 0.4) is 0 Å². The van der Waals surface area contributed by atoms with E-state index in [4.69, 9.17) is 9.15 Å². The largest absolute Gasteiger partial charge is 0.444 e. The van der Waals surface area contributed by atoms with Crippen LogP contribution in [0.5, 0.6) is 0 Å². The predicted octanol–water partition coefficient (Wildman–Crippen LogP) is 2.88. The zero-order valence-corrected chi connectivity index (χ0v) is 19.2. The maximum atomic E-state index is 6.02. The fourth-order valence-corrected chi connectivity index (χ4v) is 3.81. The Hall–Kier alpha value is -1.65. The Balaban J connectivity index is 0.00000240. The van der Waals surface area contributed by atoms with Crippen LogP contribution in [0, 0.1) is 0 Å². The molecule has 4 rings (SSSR count). The molecule has 2 atom stereocenters. The van der Waals surface area contributed by atoms with Gasteiger partial charge in [-0.1, -0.05) is 18.2 Å². The van der Waals surface area contributed by atoms with Gasteiger partial charge in [0.2, 0.25) is 5.89 Å². The average Bonchev–Trinajstić information content (AvgIpc) is 3.40. The van der Waals surface area contributed by atoms with Gasteiger partial charge in [-0.2, -0.15) is 0 Å². The van der Waals surface area contributed by atoms with Crippen molar-refractivity contribution in [2.45, 2.75) is 38.5 Å². The van der Waals surface area contributed by atoms with E-state index in [0.717, 1.165) is 43.5 Å². The summed E-state index contributed by atoms with van der Waals surface area (Å²) in [6.45, 7) is 7.14. The van der Waals surface area contributed by atoms with Crippen LogP contribution in [0.25, 0.3) is 11.5 Å². The van der Waals surface area contributed by atoms with E-state index in [2.05, 4.69) is 32.4 Å². The van der Waals surface area contributed by atoms with Crippen LogP contribution in [0.4, 0.5) is 0 Å². The van der Waals surface area contributed by atoms with Crippen molar-refractivity contribution in [3.8, 4) is 11.5 Å². The number of ether oxygens (including phenoxy) is 1. The summed E-state index contributed by atoms with van der Waals surface area (Å²) in [5.74, 6) is 1.40. The van der Waals surface area contributed by atoms with E-state index in [1.165, 1.54) is 19.4 Å². The SMILES string of the molecule is CCNC(=NCc1coc(-c2ccccc2)n1)NCC1CN2CCCC2CO1.I. The second-order valence-corrected chi connectivity index (χ2v) is 7.33. The molecule has 0 amide bonds. The number of oxazole rings is 1. The van der Waals surface area contributed by atoms with E-state index in [1.54, 1.807) is 6.26 Å².